The minimum Gasteiger partial charge on any atom is -0.370 e. The predicted octanol–water partition coefficient (Wildman–Crippen LogP) is 3.17. The lowest BCUT2D eigenvalue weighted by Gasteiger charge is -2.20. The molecular formula is C18H19N3. The van der Waals surface area contributed by atoms with Gasteiger partial charge in [0.15, 0.2) is 5.96 Å². The van der Waals surface area contributed by atoms with Crippen LogP contribution in [-0.4, -0.2) is 13.0 Å². The largest absolute Gasteiger partial charge is 0.370 e. The Bertz CT molecular complexity index is 700. The van der Waals surface area contributed by atoms with E-state index in [1.165, 1.54) is 22.3 Å². The van der Waals surface area contributed by atoms with Gasteiger partial charge < -0.3 is 11.1 Å². The Morgan fingerprint density at radius 3 is 2.62 bits per heavy atom. The van der Waals surface area contributed by atoms with Crippen LogP contribution in [0.25, 0.3) is 17.2 Å². The number of nitrogens with two attached hydrogens (primary N) is 1. The second-order valence-corrected chi connectivity index (χ2v) is 5.14. The van der Waals surface area contributed by atoms with Crippen molar-refractivity contribution in [3.05, 3.63) is 65.4 Å². The maximum absolute atomic E-state index is 5.74. The summed E-state index contributed by atoms with van der Waals surface area (Å²) in [7, 11) is 1.69. The number of rotatable bonds is 2. The molecule has 3 nitrogen and oxygen atoms in total. The van der Waals surface area contributed by atoms with Gasteiger partial charge >= 0.3 is 0 Å². The van der Waals surface area contributed by atoms with Crippen LogP contribution in [0.1, 0.15) is 17.5 Å². The molecular weight excluding hydrogens is 258 g/mol. The minimum absolute atomic E-state index is 0.462. The second kappa shape index (κ2) is 5.83. The molecule has 2 aromatic rings. The molecule has 0 aromatic heterocycles. The molecule has 3 heteroatoms. The summed E-state index contributed by atoms with van der Waals surface area (Å²) in [6.45, 7) is 0. The van der Waals surface area contributed by atoms with Crippen LogP contribution in [0.2, 0.25) is 0 Å². The molecule has 0 heterocycles. The average molecular weight is 277 g/mol. The van der Waals surface area contributed by atoms with E-state index in [-0.39, 0.29) is 0 Å². The first-order valence-electron chi connectivity index (χ1n) is 7.15. The van der Waals surface area contributed by atoms with Crippen molar-refractivity contribution < 1.29 is 0 Å². The van der Waals surface area contributed by atoms with Gasteiger partial charge in [0.25, 0.3) is 0 Å². The van der Waals surface area contributed by atoms with Crippen LogP contribution < -0.4 is 11.1 Å². The van der Waals surface area contributed by atoms with Crippen LogP contribution in [0.3, 0.4) is 0 Å². The highest BCUT2D eigenvalue weighted by atomic mass is 15.1. The third-order valence-electron chi connectivity index (χ3n) is 3.80. The van der Waals surface area contributed by atoms with Crippen molar-refractivity contribution in [3.63, 3.8) is 0 Å². The second-order valence-electron chi connectivity index (χ2n) is 5.14. The molecule has 0 atom stereocenters. The van der Waals surface area contributed by atoms with Gasteiger partial charge in [0.1, 0.15) is 0 Å². The fraction of sp³-hybridized carbons (Fsp3) is 0.167. The van der Waals surface area contributed by atoms with E-state index in [1.54, 1.807) is 7.05 Å². The molecule has 1 aliphatic carbocycles. The van der Waals surface area contributed by atoms with Crippen molar-refractivity contribution in [2.75, 3.05) is 7.05 Å². The Morgan fingerprint density at radius 1 is 1.05 bits per heavy atom. The SMILES string of the molecule is CN=C(N)NC1=Cc2cccc(-c3ccccc3)c2CC1. The molecule has 0 saturated carbocycles. The van der Waals surface area contributed by atoms with Crippen molar-refractivity contribution >= 4 is 12.0 Å². The lowest BCUT2D eigenvalue weighted by atomic mass is 9.88. The maximum atomic E-state index is 5.74. The van der Waals surface area contributed by atoms with Gasteiger partial charge in [-0.15, -0.1) is 0 Å². The lowest BCUT2D eigenvalue weighted by molar-refractivity contribution is 0.868. The molecule has 106 valence electrons. The molecule has 0 bridgehead atoms. The topological polar surface area (TPSA) is 50.4 Å². The summed E-state index contributed by atoms with van der Waals surface area (Å²) in [6.07, 6.45) is 4.13. The van der Waals surface area contributed by atoms with Gasteiger partial charge in [-0.1, -0.05) is 48.5 Å². The van der Waals surface area contributed by atoms with E-state index in [1.807, 2.05) is 6.07 Å². The molecule has 0 fully saturated rings. The molecule has 2 aromatic carbocycles. The van der Waals surface area contributed by atoms with Crippen molar-refractivity contribution in [1.82, 2.24) is 5.32 Å². The molecule has 3 rings (SSSR count). The zero-order valence-electron chi connectivity index (χ0n) is 12.1. The smallest absolute Gasteiger partial charge is 0.192 e. The van der Waals surface area contributed by atoms with Gasteiger partial charge in [0, 0.05) is 12.7 Å². The Morgan fingerprint density at radius 2 is 1.86 bits per heavy atom. The summed E-state index contributed by atoms with van der Waals surface area (Å²) in [5.74, 6) is 0.462. The van der Waals surface area contributed by atoms with Gasteiger partial charge in [-0.3, -0.25) is 4.99 Å². The first-order chi connectivity index (χ1) is 10.3. The third-order valence-corrected chi connectivity index (χ3v) is 3.80. The maximum Gasteiger partial charge on any atom is 0.192 e. The van der Waals surface area contributed by atoms with E-state index < -0.39 is 0 Å². The van der Waals surface area contributed by atoms with Crippen LogP contribution in [0.4, 0.5) is 0 Å². The van der Waals surface area contributed by atoms with Crippen molar-refractivity contribution in [2.45, 2.75) is 12.8 Å². The van der Waals surface area contributed by atoms with Crippen molar-refractivity contribution in [3.8, 4) is 11.1 Å². The zero-order chi connectivity index (χ0) is 14.7. The zero-order valence-corrected chi connectivity index (χ0v) is 12.1. The Labute approximate surface area is 125 Å². The molecule has 0 spiro atoms. The van der Waals surface area contributed by atoms with Crippen molar-refractivity contribution in [1.29, 1.82) is 0 Å². The van der Waals surface area contributed by atoms with Gasteiger partial charge in [-0.25, -0.2) is 0 Å². The van der Waals surface area contributed by atoms with Crippen LogP contribution in [0, 0.1) is 0 Å². The van der Waals surface area contributed by atoms with Crippen LogP contribution in [-0.2, 0) is 6.42 Å². The van der Waals surface area contributed by atoms with Gasteiger partial charge in [0.2, 0.25) is 0 Å². The van der Waals surface area contributed by atoms with Gasteiger partial charge in [-0.05, 0) is 41.2 Å². The van der Waals surface area contributed by atoms with Gasteiger partial charge in [-0.2, -0.15) is 0 Å². The molecule has 0 saturated heterocycles. The average Bonchev–Trinajstić information content (AvgIpc) is 2.54. The van der Waals surface area contributed by atoms with E-state index in [9.17, 15) is 0 Å². The fourth-order valence-electron chi connectivity index (χ4n) is 2.75. The summed E-state index contributed by atoms with van der Waals surface area (Å²) in [6, 6.07) is 17.0. The van der Waals surface area contributed by atoms with E-state index in [0.717, 1.165) is 18.5 Å². The number of hydrogen-bond acceptors (Lipinski definition) is 1. The first-order valence-corrected chi connectivity index (χ1v) is 7.15. The van der Waals surface area contributed by atoms with Crippen LogP contribution in [0.15, 0.2) is 59.2 Å². The number of allylic oxidation sites excluding steroid dienone is 1. The quantitative estimate of drug-likeness (QED) is 0.654. The molecule has 0 unspecified atom stereocenters. The third kappa shape index (κ3) is 2.82. The van der Waals surface area contributed by atoms with Crippen LogP contribution in [0.5, 0.6) is 0 Å². The summed E-state index contributed by atoms with van der Waals surface area (Å²) >= 11 is 0. The van der Waals surface area contributed by atoms with E-state index >= 15 is 0 Å². The van der Waals surface area contributed by atoms with E-state index in [4.69, 9.17) is 5.73 Å². The number of guanidine groups is 1. The molecule has 1 aliphatic rings. The number of hydrogen-bond donors (Lipinski definition) is 2. The molecule has 21 heavy (non-hydrogen) atoms. The first kappa shape index (κ1) is 13.4. The minimum atomic E-state index is 0.462. The monoisotopic (exact) mass is 277 g/mol. The number of fused-ring (bicyclic) bond motifs is 1. The highest BCUT2D eigenvalue weighted by Gasteiger charge is 2.14. The summed E-state index contributed by atoms with van der Waals surface area (Å²) in [5.41, 5.74) is 12.1. The highest BCUT2D eigenvalue weighted by molar-refractivity contribution is 5.82. The Hall–Kier alpha value is -2.55. The van der Waals surface area contributed by atoms with Gasteiger partial charge in [0.05, 0.1) is 0 Å². The number of nitrogens with one attached hydrogen (secondary N) is 1. The summed E-state index contributed by atoms with van der Waals surface area (Å²) < 4.78 is 0. The highest BCUT2D eigenvalue weighted by Crippen LogP contribution is 2.32. The predicted molar refractivity (Wildman–Crippen MR) is 88.9 cm³/mol. The summed E-state index contributed by atoms with van der Waals surface area (Å²) in [4.78, 5) is 3.95. The molecule has 0 amide bonds. The number of nitrogens with zero attached hydrogens (tertiary/aromatic N) is 1. The fourth-order valence-corrected chi connectivity index (χ4v) is 2.75. The summed E-state index contributed by atoms with van der Waals surface area (Å²) in [5, 5.41) is 3.16. The number of benzene rings is 2. The number of aliphatic imine (C=N–C) groups is 1. The van der Waals surface area contributed by atoms with Crippen molar-refractivity contribution in [2.24, 2.45) is 10.7 Å². The van der Waals surface area contributed by atoms with E-state index in [2.05, 4.69) is 58.8 Å². The Balaban J connectivity index is 1.99. The standard InChI is InChI=1S/C18H19N3/c1-20-18(19)21-15-10-11-17-14(12-15)8-5-9-16(17)13-6-3-2-4-7-13/h2-9,12H,10-11H2,1H3,(H3,19,20,21). The Kier molecular flexibility index (Phi) is 3.73. The lowest BCUT2D eigenvalue weighted by Crippen LogP contribution is -2.31. The van der Waals surface area contributed by atoms with Crippen LogP contribution >= 0.6 is 0 Å². The normalized spacial score (nSPS) is 14.3. The molecule has 0 aliphatic heterocycles. The molecule has 0 radical (unpaired) electrons. The molecule has 3 N–H and O–H groups in total. The van der Waals surface area contributed by atoms with E-state index in [0.29, 0.717) is 5.96 Å².